The summed E-state index contributed by atoms with van der Waals surface area (Å²) < 4.78 is 5.63. The Morgan fingerprint density at radius 3 is 2.55 bits per heavy atom. The van der Waals surface area contributed by atoms with Gasteiger partial charge < -0.3 is 9.64 Å². The lowest BCUT2D eigenvalue weighted by atomic mass is 9.87. The molecule has 1 aliphatic rings. The number of likely N-dealkylation sites (tertiary alicyclic amines) is 1. The number of ether oxygens (including phenoxy) is 1. The predicted molar refractivity (Wildman–Crippen MR) is 90.1 cm³/mol. The minimum atomic E-state index is 0.158. The van der Waals surface area contributed by atoms with Crippen molar-refractivity contribution in [3.63, 3.8) is 0 Å². The number of hydrogen-bond acceptors (Lipinski definition) is 2. The second kappa shape index (κ2) is 7.77. The molecule has 3 heteroatoms. The predicted octanol–water partition coefficient (Wildman–Crippen LogP) is 3.77. The first kappa shape index (κ1) is 17.0. The van der Waals surface area contributed by atoms with E-state index in [-0.39, 0.29) is 12.0 Å². The molecule has 1 amide bonds. The van der Waals surface area contributed by atoms with Crippen molar-refractivity contribution in [3.05, 3.63) is 35.4 Å². The zero-order valence-electron chi connectivity index (χ0n) is 14.3. The zero-order valence-corrected chi connectivity index (χ0v) is 14.3. The van der Waals surface area contributed by atoms with E-state index in [1.54, 1.807) is 7.11 Å². The van der Waals surface area contributed by atoms with Gasteiger partial charge in [-0.2, -0.15) is 0 Å². The van der Waals surface area contributed by atoms with Crippen LogP contribution in [0, 0.1) is 11.8 Å². The molecule has 0 N–H and O–H groups in total. The highest BCUT2D eigenvalue weighted by atomic mass is 16.5. The van der Waals surface area contributed by atoms with Crippen molar-refractivity contribution in [1.82, 2.24) is 4.90 Å². The third-order valence-corrected chi connectivity index (χ3v) is 4.64. The molecule has 0 aliphatic carbocycles. The molecule has 0 aromatic heterocycles. The van der Waals surface area contributed by atoms with E-state index in [0.717, 1.165) is 37.9 Å². The van der Waals surface area contributed by atoms with E-state index >= 15 is 0 Å². The second-order valence-corrected chi connectivity index (χ2v) is 6.75. The fourth-order valence-electron chi connectivity index (χ4n) is 3.40. The Balaban J connectivity index is 2.06. The average molecular weight is 303 g/mol. The molecule has 0 bridgehead atoms. The van der Waals surface area contributed by atoms with Gasteiger partial charge in [0.1, 0.15) is 0 Å². The second-order valence-electron chi connectivity index (χ2n) is 6.75. The summed E-state index contributed by atoms with van der Waals surface area (Å²) in [5.74, 6) is 1.23. The maximum atomic E-state index is 12.7. The number of carbonyl (C=O) groups excluding carboxylic acids is 1. The van der Waals surface area contributed by atoms with Crippen LogP contribution in [0.25, 0.3) is 0 Å². The number of nitrogens with zero attached hydrogens (tertiary/aromatic N) is 1. The number of methoxy groups -OCH3 is 1. The molecular formula is C19H29NO2. The van der Waals surface area contributed by atoms with Gasteiger partial charge in [0.25, 0.3) is 5.91 Å². The number of piperidine rings is 1. The molecule has 1 aliphatic heterocycles. The summed E-state index contributed by atoms with van der Waals surface area (Å²) in [5.41, 5.74) is 2.07. The fourth-order valence-corrected chi connectivity index (χ4v) is 3.40. The number of aryl methyl sites for hydroxylation is 1. The highest BCUT2D eigenvalue weighted by molar-refractivity contribution is 5.94. The average Bonchev–Trinajstić information content (AvgIpc) is 2.53. The van der Waals surface area contributed by atoms with Gasteiger partial charge in [-0.3, -0.25) is 4.79 Å². The molecule has 2 rings (SSSR count). The van der Waals surface area contributed by atoms with Gasteiger partial charge in [0.2, 0.25) is 0 Å². The van der Waals surface area contributed by atoms with Gasteiger partial charge in [-0.15, -0.1) is 0 Å². The largest absolute Gasteiger partial charge is 0.381 e. The maximum absolute atomic E-state index is 12.7. The van der Waals surface area contributed by atoms with Crippen LogP contribution in [0.1, 0.15) is 49.5 Å². The van der Waals surface area contributed by atoms with E-state index in [1.807, 2.05) is 17.0 Å². The van der Waals surface area contributed by atoms with E-state index in [1.165, 1.54) is 5.56 Å². The van der Waals surface area contributed by atoms with Crippen LogP contribution >= 0.6 is 0 Å². The van der Waals surface area contributed by atoms with E-state index < -0.39 is 0 Å². The van der Waals surface area contributed by atoms with Crippen LogP contribution in [0.4, 0.5) is 0 Å². The van der Waals surface area contributed by atoms with Crippen molar-refractivity contribution in [3.8, 4) is 0 Å². The third-order valence-electron chi connectivity index (χ3n) is 4.64. The SMILES string of the molecule is CCc1ccc(C(=O)N2CCC(OC)C(CC(C)C)C2)cc1. The molecular weight excluding hydrogens is 274 g/mol. The lowest BCUT2D eigenvalue weighted by Gasteiger charge is -2.38. The van der Waals surface area contributed by atoms with Crippen LogP contribution in [-0.2, 0) is 11.2 Å². The van der Waals surface area contributed by atoms with Crippen LogP contribution in [0.3, 0.4) is 0 Å². The molecule has 3 nitrogen and oxygen atoms in total. The molecule has 2 unspecified atom stereocenters. The molecule has 22 heavy (non-hydrogen) atoms. The summed E-state index contributed by atoms with van der Waals surface area (Å²) >= 11 is 0. The lowest BCUT2D eigenvalue weighted by Crippen LogP contribution is -2.47. The zero-order chi connectivity index (χ0) is 16.1. The van der Waals surface area contributed by atoms with Gasteiger partial charge in [-0.25, -0.2) is 0 Å². The minimum absolute atomic E-state index is 0.158. The van der Waals surface area contributed by atoms with Crippen LogP contribution in [0.15, 0.2) is 24.3 Å². The molecule has 1 aromatic rings. The maximum Gasteiger partial charge on any atom is 0.253 e. The summed E-state index contributed by atoms with van der Waals surface area (Å²) in [6.07, 6.45) is 3.34. The normalized spacial score (nSPS) is 22.1. The van der Waals surface area contributed by atoms with Gasteiger partial charge in [-0.05, 0) is 42.9 Å². The molecule has 0 saturated carbocycles. The smallest absolute Gasteiger partial charge is 0.253 e. The van der Waals surface area contributed by atoms with Crippen molar-refractivity contribution in [2.75, 3.05) is 20.2 Å². The number of benzene rings is 1. The number of amides is 1. The van der Waals surface area contributed by atoms with Crippen molar-refractivity contribution in [2.24, 2.45) is 11.8 Å². The van der Waals surface area contributed by atoms with Gasteiger partial charge in [0.15, 0.2) is 0 Å². The first-order valence-corrected chi connectivity index (χ1v) is 8.46. The molecule has 1 saturated heterocycles. The highest BCUT2D eigenvalue weighted by Gasteiger charge is 2.32. The van der Waals surface area contributed by atoms with Crippen LogP contribution < -0.4 is 0 Å². The standard InChI is InChI=1S/C19H29NO2/c1-5-15-6-8-16(9-7-15)19(21)20-11-10-18(22-4)17(13-20)12-14(2)3/h6-9,14,17-18H,5,10-13H2,1-4H3. The Morgan fingerprint density at radius 1 is 1.32 bits per heavy atom. The molecule has 0 radical (unpaired) electrons. The van der Waals surface area contributed by atoms with E-state index in [0.29, 0.717) is 11.8 Å². The Morgan fingerprint density at radius 2 is 2.00 bits per heavy atom. The molecule has 0 spiro atoms. The Hall–Kier alpha value is -1.35. The molecule has 1 heterocycles. The summed E-state index contributed by atoms with van der Waals surface area (Å²) in [7, 11) is 1.79. The van der Waals surface area contributed by atoms with E-state index in [9.17, 15) is 4.79 Å². The van der Waals surface area contributed by atoms with Crippen molar-refractivity contribution in [2.45, 2.75) is 46.1 Å². The van der Waals surface area contributed by atoms with Gasteiger partial charge in [0.05, 0.1) is 6.10 Å². The van der Waals surface area contributed by atoms with Crippen LogP contribution in [-0.4, -0.2) is 37.1 Å². The fraction of sp³-hybridized carbons (Fsp3) is 0.632. The van der Waals surface area contributed by atoms with Crippen LogP contribution in [0.5, 0.6) is 0 Å². The topological polar surface area (TPSA) is 29.5 Å². The van der Waals surface area contributed by atoms with Crippen molar-refractivity contribution in [1.29, 1.82) is 0 Å². The Labute approximate surface area is 134 Å². The van der Waals surface area contributed by atoms with Crippen molar-refractivity contribution >= 4 is 5.91 Å². The quantitative estimate of drug-likeness (QED) is 0.828. The third kappa shape index (κ3) is 4.10. The summed E-state index contributed by atoms with van der Waals surface area (Å²) in [4.78, 5) is 14.7. The minimum Gasteiger partial charge on any atom is -0.381 e. The number of carbonyl (C=O) groups is 1. The van der Waals surface area contributed by atoms with Gasteiger partial charge in [0, 0.05) is 31.7 Å². The van der Waals surface area contributed by atoms with Gasteiger partial charge >= 0.3 is 0 Å². The highest BCUT2D eigenvalue weighted by Crippen LogP contribution is 2.26. The molecule has 2 atom stereocenters. The van der Waals surface area contributed by atoms with Gasteiger partial charge in [-0.1, -0.05) is 32.9 Å². The lowest BCUT2D eigenvalue weighted by molar-refractivity contribution is -0.00970. The number of hydrogen-bond donors (Lipinski definition) is 0. The van der Waals surface area contributed by atoms with Crippen LogP contribution in [0.2, 0.25) is 0 Å². The summed E-state index contributed by atoms with van der Waals surface area (Å²) in [6.45, 7) is 8.20. The molecule has 122 valence electrons. The van der Waals surface area contributed by atoms with Crippen molar-refractivity contribution < 1.29 is 9.53 Å². The Kier molecular flexibility index (Phi) is 6.01. The summed E-state index contributed by atoms with van der Waals surface area (Å²) in [6, 6.07) is 8.03. The Bertz CT molecular complexity index is 481. The van der Waals surface area contributed by atoms with E-state index in [4.69, 9.17) is 4.74 Å². The molecule has 1 aromatic carbocycles. The summed E-state index contributed by atoms with van der Waals surface area (Å²) in [5, 5.41) is 0. The first-order chi connectivity index (χ1) is 10.5. The van der Waals surface area contributed by atoms with E-state index in [2.05, 4.69) is 32.9 Å². The molecule has 1 fully saturated rings. The monoisotopic (exact) mass is 303 g/mol. The number of rotatable bonds is 5. The first-order valence-electron chi connectivity index (χ1n) is 8.46.